The largest absolute Gasteiger partial charge is 0.385 e. The summed E-state index contributed by atoms with van der Waals surface area (Å²) in [6.07, 6.45) is 1.07. The van der Waals surface area contributed by atoms with E-state index in [0.717, 1.165) is 57.4 Å². The first-order valence-electron chi connectivity index (χ1n) is 7.22. The highest BCUT2D eigenvalue weighted by molar-refractivity contribution is 9.09. The normalized spacial score (nSPS) is 12.2. The number of aryl methyl sites for hydroxylation is 2. The molecule has 2 nitrogen and oxygen atoms in total. The molecule has 0 heterocycles. The van der Waals surface area contributed by atoms with E-state index in [1.54, 1.807) is 0 Å². The SMILES string of the molecule is Cc1ccc2c(c1)C(=O)c1cc(C)c(NCCCBr)cc1-2. The molecule has 1 aliphatic carbocycles. The van der Waals surface area contributed by atoms with E-state index < -0.39 is 0 Å². The number of nitrogens with one attached hydrogen (secondary N) is 1. The molecule has 0 radical (unpaired) electrons. The van der Waals surface area contributed by atoms with Crippen molar-refractivity contribution in [3.05, 3.63) is 52.6 Å². The first-order valence-corrected chi connectivity index (χ1v) is 8.34. The lowest BCUT2D eigenvalue weighted by molar-refractivity contribution is 0.104. The zero-order valence-electron chi connectivity index (χ0n) is 12.3. The molecule has 108 valence electrons. The van der Waals surface area contributed by atoms with Crippen molar-refractivity contribution in [3.8, 4) is 11.1 Å². The number of fused-ring (bicyclic) bond motifs is 3. The molecular weight excluding hydrogens is 326 g/mol. The summed E-state index contributed by atoms with van der Waals surface area (Å²) in [7, 11) is 0. The minimum Gasteiger partial charge on any atom is -0.385 e. The number of anilines is 1. The van der Waals surface area contributed by atoms with Crippen LogP contribution in [0.1, 0.15) is 33.5 Å². The highest BCUT2D eigenvalue weighted by Gasteiger charge is 2.27. The van der Waals surface area contributed by atoms with Crippen molar-refractivity contribution in [1.82, 2.24) is 0 Å². The Bertz CT molecular complexity index is 721. The van der Waals surface area contributed by atoms with E-state index in [1.165, 1.54) is 0 Å². The van der Waals surface area contributed by atoms with Crippen molar-refractivity contribution in [1.29, 1.82) is 0 Å². The zero-order valence-corrected chi connectivity index (χ0v) is 13.9. The molecule has 0 saturated carbocycles. The van der Waals surface area contributed by atoms with E-state index in [0.29, 0.717) is 0 Å². The van der Waals surface area contributed by atoms with Crippen molar-refractivity contribution < 1.29 is 4.79 Å². The summed E-state index contributed by atoms with van der Waals surface area (Å²) in [5.41, 5.74) is 7.16. The molecule has 0 amide bonds. The van der Waals surface area contributed by atoms with Gasteiger partial charge in [-0.25, -0.2) is 0 Å². The fraction of sp³-hybridized carbons (Fsp3) is 0.278. The third-order valence-corrected chi connectivity index (χ3v) is 4.51. The molecule has 0 bridgehead atoms. The van der Waals surface area contributed by atoms with Gasteiger partial charge in [0, 0.05) is 28.7 Å². The molecule has 1 aliphatic rings. The zero-order chi connectivity index (χ0) is 15.0. The van der Waals surface area contributed by atoms with Gasteiger partial charge < -0.3 is 5.32 Å². The van der Waals surface area contributed by atoms with Crippen LogP contribution in [-0.4, -0.2) is 17.7 Å². The Morgan fingerprint density at radius 1 is 1.00 bits per heavy atom. The summed E-state index contributed by atoms with van der Waals surface area (Å²) in [5, 5.41) is 4.45. The average molecular weight is 344 g/mol. The molecule has 21 heavy (non-hydrogen) atoms. The highest BCUT2D eigenvalue weighted by Crippen LogP contribution is 2.39. The molecule has 0 spiro atoms. The third kappa shape index (κ3) is 2.51. The molecule has 2 aromatic carbocycles. The van der Waals surface area contributed by atoms with Crippen LogP contribution in [0, 0.1) is 13.8 Å². The number of ketones is 1. The van der Waals surface area contributed by atoms with Crippen LogP contribution in [0.5, 0.6) is 0 Å². The van der Waals surface area contributed by atoms with Crippen molar-refractivity contribution in [2.75, 3.05) is 17.2 Å². The van der Waals surface area contributed by atoms with Crippen molar-refractivity contribution in [3.63, 3.8) is 0 Å². The fourth-order valence-corrected chi connectivity index (χ4v) is 3.11. The maximum atomic E-state index is 12.5. The average Bonchev–Trinajstić information content (AvgIpc) is 2.72. The Hall–Kier alpha value is -1.61. The van der Waals surface area contributed by atoms with Gasteiger partial charge in [0.15, 0.2) is 5.78 Å². The van der Waals surface area contributed by atoms with Crippen LogP contribution in [0.4, 0.5) is 5.69 Å². The van der Waals surface area contributed by atoms with E-state index in [1.807, 2.05) is 19.1 Å². The van der Waals surface area contributed by atoms with Gasteiger partial charge >= 0.3 is 0 Å². The summed E-state index contributed by atoms with van der Waals surface area (Å²) in [4.78, 5) is 12.5. The Labute approximate surface area is 133 Å². The molecule has 0 aliphatic heterocycles. The van der Waals surface area contributed by atoms with Gasteiger partial charge in [-0.2, -0.15) is 0 Å². The number of alkyl halides is 1. The van der Waals surface area contributed by atoms with E-state index in [-0.39, 0.29) is 5.78 Å². The molecule has 2 aromatic rings. The second kappa shape index (κ2) is 5.64. The van der Waals surface area contributed by atoms with Gasteiger partial charge in [-0.1, -0.05) is 33.6 Å². The lowest BCUT2D eigenvalue weighted by Gasteiger charge is -2.11. The summed E-state index contributed by atoms with van der Waals surface area (Å²) < 4.78 is 0. The van der Waals surface area contributed by atoms with E-state index in [2.05, 4.69) is 46.4 Å². The first kappa shape index (κ1) is 14.3. The predicted molar refractivity (Wildman–Crippen MR) is 91.7 cm³/mol. The van der Waals surface area contributed by atoms with E-state index in [4.69, 9.17) is 0 Å². The molecule has 0 atom stereocenters. The van der Waals surface area contributed by atoms with Crippen LogP contribution in [0.25, 0.3) is 11.1 Å². The summed E-state index contributed by atoms with van der Waals surface area (Å²) >= 11 is 3.44. The topological polar surface area (TPSA) is 29.1 Å². The number of carbonyl (C=O) groups is 1. The number of halogens is 1. The highest BCUT2D eigenvalue weighted by atomic mass is 79.9. The van der Waals surface area contributed by atoms with E-state index >= 15 is 0 Å². The van der Waals surface area contributed by atoms with Gasteiger partial charge in [0.2, 0.25) is 0 Å². The van der Waals surface area contributed by atoms with Gasteiger partial charge in [-0.05, 0) is 55.2 Å². The third-order valence-electron chi connectivity index (χ3n) is 3.94. The molecule has 3 heteroatoms. The molecule has 0 fully saturated rings. The van der Waals surface area contributed by atoms with Crippen LogP contribution in [0.3, 0.4) is 0 Å². The summed E-state index contributed by atoms with van der Waals surface area (Å²) in [6.45, 7) is 5.01. The molecule has 3 rings (SSSR count). The Balaban J connectivity index is 2.04. The monoisotopic (exact) mass is 343 g/mol. The smallest absolute Gasteiger partial charge is 0.194 e. The van der Waals surface area contributed by atoms with Crippen molar-refractivity contribution in [2.24, 2.45) is 0 Å². The Kier molecular flexibility index (Phi) is 3.85. The van der Waals surface area contributed by atoms with Gasteiger partial charge in [-0.3, -0.25) is 4.79 Å². The Morgan fingerprint density at radius 2 is 1.76 bits per heavy atom. The second-order valence-electron chi connectivity index (χ2n) is 5.56. The van der Waals surface area contributed by atoms with E-state index in [9.17, 15) is 4.79 Å². The number of hydrogen-bond donors (Lipinski definition) is 1. The van der Waals surface area contributed by atoms with Crippen LogP contribution in [0.2, 0.25) is 0 Å². The van der Waals surface area contributed by atoms with Crippen molar-refractivity contribution >= 4 is 27.4 Å². The van der Waals surface area contributed by atoms with Gasteiger partial charge in [-0.15, -0.1) is 0 Å². The van der Waals surface area contributed by atoms with Crippen LogP contribution in [0.15, 0.2) is 30.3 Å². The summed E-state index contributed by atoms with van der Waals surface area (Å²) in [6, 6.07) is 10.3. The van der Waals surface area contributed by atoms with Crippen LogP contribution in [-0.2, 0) is 0 Å². The lowest BCUT2D eigenvalue weighted by atomic mass is 10.0. The molecule has 1 N–H and O–H groups in total. The van der Waals surface area contributed by atoms with Crippen LogP contribution >= 0.6 is 15.9 Å². The molecular formula is C18H18BrNO. The number of hydrogen-bond acceptors (Lipinski definition) is 2. The van der Waals surface area contributed by atoms with Gasteiger partial charge in [0.25, 0.3) is 0 Å². The van der Waals surface area contributed by atoms with Crippen molar-refractivity contribution in [2.45, 2.75) is 20.3 Å². The maximum absolute atomic E-state index is 12.5. The quantitative estimate of drug-likeness (QED) is 0.548. The minimum atomic E-state index is 0.152. The predicted octanol–water partition coefficient (Wildman–Crippen LogP) is 4.71. The fourth-order valence-electron chi connectivity index (χ4n) is 2.82. The molecule has 0 unspecified atom stereocenters. The molecule has 0 saturated heterocycles. The van der Waals surface area contributed by atoms with Gasteiger partial charge in [0.1, 0.15) is 0 Å². The second-order valence-corrected chi connectivity index (χ2v) is 6.35. The standard InChI is InChI=1S/C18H18BrNO/c1-11-4-5-13-14-10-17(20-7-3-6-19)12(2)9-16(14)18(21)15(13)8-11/h4-5,8-10,20H,3,6-7H2,1-2H3. The lowest BCUT2D eigenvalue weighted by Crippen LogP contribution is -2.04. The number of rotatable bonds is 4. The maximum Gasteiger partial charge on any atom is 0.194 e. The Morgan fingerprint density at radius 3 is 2.52 bits per heavy atom. The minimum absolute atomic E-state index is 0.152. The number of carbonyl (C=O) groups excluding carboxylic acids is 1. The summed E-state index contributed by atoms with van der Waals surface area (Å²) in [5.74, 6) is 0.152. The van der Waals surface area contributed by atoms with Gasteiger partial charge in [0.05, 0.1) is 0 Å². The van der Waals surface area contributed by atoms with Crippen LogP contribution < -0.4 is 5.32 Å². The molecule has 0 aromatic heterocycles. The first-order chi connectivity index (χ1) is 10.1. The number of benzene rings is 2.